The zero-order valence-electron chi connectivity index (χ0n) is 9.37. The number of nitrogens with zero attached hydrogens (tertiary/aromatic N) is 1. The van der Waals surface area contributed by atoms with Crippen molar-refractivity contribution in [2.24, 2.45) is 11.8 Å². The van der Waals surface area contributed by atoms with Crippen LogP contribution in [0.3, 0.4) is 0 Å². The summed E-state index contributed by atoms with van der Waals surface area (Å²) in [6.07, 6.45) is 6.96. The largest absolute Gasteiger partial charge is 0.382 e. The van der Waals surface area contributed by atoms with E-state index in [0.29, 0.717) is 12.0 Å². The van der Waals surface area contributed by atoms with Crippen LogP contribution in [0.1, 0.15) is 12.8 Å². The highest BCUT2D eigenvalue weighted by Crippen LogP contribution is 2.44. The molecule has 2 aliphatic rings. The third kappa shape index (κ3) is 1.79. The van der Waals surface area contributed by atoms with Gasteiger partial charge in [0.25, 0.3) is 5.69 Å². The standard InChI is InChI=1S/C13H14N2O2/c16-15(17)11-6-4-10(5-7-11)14-13-8-9-2-1-3-12(9)13/h1,3-7,9,12-14H,2,8H2. The van der Waals surface area contributed by atoms with Crippen LogP contribution in [0.25, 0.3) is 0 Å². The lowest BCUT2D eigenvalue weighted by atomic mass is 9.71. The highest BCUT2D eigenvalue weighted by molar-refractivity contribution is 5.50. The number of hydrogen-bond donors (Lipinski definition) is 1. The third-order valence-electron chi connectivity index (χ3n) is 3.79. The number of nitrogens with one attached hydrogen (secondary N) is 1. The first-order chi connectivity index (χ1) is 8.24. The van der Waals surface area contributed by atoms with Crippen molar-refractivity contribution in [3.05, 3.63) is 46.5 Å². The molecule has 0 radical (unpaired) electrons. The molecule has 17 heavy (non-hydrogen) atoms. The summed E-state index contributed by atoms with van der Waals surface area (Å²) < 4.78 is 0. The van der Waals surface area contributed by atoms with Crippen molar-refractivity contribution in [1.29, 1.82) is 0 Å². The molecule has 1 N–H and O–H groups in total. The molecule has 0 aromatic heterocycles. The van der Waals surface area contributed by atoms with E-state index in [1.54, 1.807) is 24.3 Å². The first-order valence-electron chi connectivity index (χ1n) is 5.92. The van der Waals surface area contributed by atoms with Gasteiger partial charge in [0.1, 0.15) is 0 Å². The second kappa shape index (κ2) is 3.87. The Balaban J connectivity index is 1.65. The summed E-state index contributed by atoms with van der Waals surface area (Å²) in [4.78, 5) is 10.2. The minimum absolute atomic E-state index is 0.141. The Kier molecular flexibility index (Phi) is 2.35. The van der Waals surface area contributed by atoms with E-state index in [2.05, 4.69) is 17.5 Å². The van der Waals surface area contributed by atoms with E-state index in [-0.39, 0.29) is 10.6 Å². The van der Waals surface area contributed by atoms with Gasteiger partial charge in [0.05, 0.1) is 4.92 Å². The molecule has 4 nitrogen and oxygen atoms in total. The normalized spacial score (nSPS) is 29.5. The predicted octanol–water partition coefficient (Wildman–Crippen LogP) is 2.97. The number of allylic oxidation sites excluding steroid dienone is 1. The fourth-order valence-electron chi connectivity index (χ4n) is 2.78. The number of anilines is 1. The number of rotatable bonds is 3. The van der Waals surface area contributed by atoms with Crippen molar-refractivity contribution in [3.8, 4) is 0 Å². The number of benzene rings is 1. The van der Waals surface area contributed by atoms with E-state index >= 15 is 0 Å². The maximum Gasteiger partial charge on any atom is 0.269 e. The molecule has 0 spiro atoms. The van der Waals surface area contributed by atoms with Crippen LogP contribution in [0.5, 0.6) is 0 Å². The second-order valence-corrected chi connectivity index (χ2v) is 4.79. The van der Waals surface area contributed by atoms with Gasteiger partial charge in [0.15, 0.2) is 0 Å². The molecule has 88 valence electrons. The summed E-state index contributed by atoms with van der Waals surface area (Å²) in [5.74, 6) is 1.48. The van der Waals surface area contributed by atoms with Crippen LogP contribution in [0.4, 0.5) is 11.4 Å². The monoisotopic (exact) mass is 230 g/mol. The minimum atomic E-state index is -0.372. The van der Waals surface area contributed by atoms with Crippen molar-refractivity contribution in [1.82, 2.24) is 0 Å². The van der Waals surface area contributed by atoms with E-state index in [9.17, 15) is 10.1 Å². The molecule has 0 bridgehead atoms. The van der Waals surface area contributed by atoms with Gasteiger partial charge in [-0.2, -0.15) is 0 Å². The van der Waals surface area contributed by atoms with Crippen LogP contribution in [0, 0.1) is 22.0 Å². The third-order valence-corrected chi connectivity index (χ3v) is 3.79. The summed E-state index contributed by atoms with van der Waals surface area (Å²) in [5.41, 5.74) is 1.11. The number of fused-ring (bicyclic) bond motifs is 1. The molecule has 4 heteroatoms. The van der Waals surface area contributed by atoms with Crippen LogP contribution < -0.4 is 5.32 Å². The second-order valence-electron chi connectivity index (χ2n) is 4.79. The Morgan fingerprint density at radius 1 is 1.29 bits per heavy atom. The maximum atomic E-state index is 10.5. The summed E-state index contributed by atoms with van der Waals surface area (Å²) in [6, 6.07) is 7.15. The van der Waals surface area contributed by atoms with Crippen molar-refractivity contribution in [2.75, 3.05) is 5.32 Å². The van der Waals surface area contributed by atoms with Gasteiger partial charge in [0.2, 0.25) is 0 Å². The number of nitro benzene ring substituents is 1. The van der Waals surface area contributed by atoms with Gasteiger partial charge in [-0.1, -0.05) is 12.2 Å². The molecule has 2 aliphatic carbocycles. The van der Waals surface area contributed by atoms with E-state index in [4.69, 9.17) is 0 Å². The van der Waals surface area contributed by atoms with E-state index in [1.165, 1.54) is 12.8 Å². The topological polar surface area (TPSA) is 55.2 Å². The number of non-ortho nitro benzene ring substituents is 1. The average molecular weight is 230 g/mol. The molecule has 3 unspecified atom stereocenters. The molecule has 0 saturated heterocycles. The van der Waals surface area contributed by atoms with Gasteiger partial charge >= 0.3 is 0 Å². The molecule has 3 rings (SSSR count). The lowest BCUT2D eigenvalue weighted by molar-refractivity contribution is -0.384. The summed E-state index contributed by atoms with van der Waals surface area (Å²) in [5, 5.41) is 14.0. The Hall–Kier alpha value is -1.84. The van der Waals surface area contributed by atoms with Crippen molar-refractivity contribution < 1.29 is 4.92 Å². The van der Waals surface area contributed by atoms with Crippen LogP contribution >= 0.6 is 0 Å². The summed E-state index contributed by atoms with van der Waals surface area (Å²) in [6.45, 7) is 0. The van der Waals surface area contributed by atoms with Gasteiger partial charge in [-0.25, -0.2) is 0 Å². The average Bonchev–Trinajstić information content (AvgIpc) is 2.68. The highest BCUT2D eigenvalue weighted by atomic mass is 16.6. The zero-order chi connectivity index (χ0) is 11.8. The van der Waals surface area contributed by atoms with Gasteiger partial charge in [-0.05, 0) is 30.9 Å². The van der Waals surface area contributed by atoms with E-state index in [0.717, 1.165) is 11.6 Å². The lowest BCUT2D eigenvalue weighted by Gasteiger charge is -2.41. The van der Waals surface area contributed by atoms with Crippen LogP contribution in [0.2, 0.25) is 0 Å². The molecule has 1 aromatic carbocycles. The Morgan fingerprint density at radius 3 is 2.71 bits per heavy atom. The molecule has 0 heterocycles. The van der Waals surface area contributed by atoms with Gasteiger partial charge in [-0.15, -0.1) is 0 Å². The minimum Gasteiger partial charge on any atom is -0.382 e. The quantitative estimate of drug-likeness (QED) is 0.493. The number of nitro groups is 1. The molecule has 1 fully saturated rings. The Bertz CT molecular complexity index is 467. The van der Waals surface area contributed by atoms with Crippen LogP contribution in [0.15, 0.2) is 36.4 Å². The first kappa shape index (κ1) is 10.3. The predicted molar refractivity (Wildman–Crippen MR) is 65.9 cm³/mol. The molecule has 0 amide bonds. The van der Waals surface area contributed by atoms with Crippen molar-refractivity contribution in [2.45, 2.75) is 18.9 Å². The summed E-state index contributed by atoms with van der Waals surface area (Å²) in [7, 11) is 0. The maximum absolute atomic E-state index is 10.5. The van der Waals surface area contributed by atoms with Gasteiger partial charge in [0, 0.05) is 29.8 Å². The van der Waals surface area contributed by atoms with Crippen LogP contribution in [-0.2, 0) is 0 Å². The molecular weight excluding hydrogens is 216 g/mol. The molecule has 3 atom stereocenters. The fraction of sp³-hybridized carbons (Fsp3) is 0.385. The Morgan fingerprint density at radius 2 is 2.06 bits per heavy atom. The molecule has 1 aromatic rings. The van der Waals surface area contributed by atoms with Crippen molar-refractivity contribution in [3.63, 3.8) is 0 Å². The molecule has 0 aliphatic heterocycles. The lowest BCUT2D eigenvalue weighted by Crippen LogP contribution is -2.43. The van der Waals surface area contributed by atoms with E-state index < -0.39 is 0 Å². The smallest absolute Gasteiger partial charge is 0.269 e. The van der Waals surface area contributed by atoms with Gasteiger partial charge in [-0.3, -0.25) is 10.1 Å². The fourth-order valence-corrected chi connectivity index (χ4v) is 2.78. The van der Waals surface area contributed by atoms with Gasteiger partial charge < -0.3 is 5.32 Å². The zero-order valence-corrected chi connectivity index (χ0v) is 9.37. The molecule has 1 saturated carbocycles. The highest BCUT2D eigenvalue weighted by Gasteiger charge is 2.40. The first-order valence-corrected chi connectivity index (χ1v) is 5.92. The Labute approximate surface area is 99.5 Å². The SMILES string of the molecule is O=[N+]([O-])c1ccc(NC2CC3CC=CC32)cc1. The summed E-state index contributed by atoms with van der Waals surface area (Å²) >= 11 is 0. The van der Waals surface area contributed by atoms with Crippen LogP contribution in [-0.4, -0.2) is 11.0 Å². The molecular formula is C13H14N2O2. The van der Waals surface area contributed by atoms with Crippen molar-refractivity contribution >= 4 is 11.4 Å². The number of hydrogen-bond acceptors (Lipinski definition) is 3. The van der Waals surface area contributed by atoms with E-state index in [1.807, 2.05) is 0 Å².